The molecule has 0 aliphatic carbocycles. The number of fused-ring (bicyclic) bond motifs is 1. The van der Waals surface area contributed by atoms with Crippen molar-refractivity contribution < 1.29 is 19.0 Å². The lowest BCUT2D eigenvalue weighted by molar-refractivity contribution is -0.134. The van der Waals surface area contributed by atoms with E-state index >= 15 is 0 Å². The Morgan fingerprint density at radius 3 is 2.62 bits per heavy atom. The molecule has 0 radical (unpaired) electrons. The van der Waals surface area contributed by atoms with Crippen LogP contribution in [0.15, 0.2) is 48.0 Å². The molecule has 0 bridgehead atoms. The topological polar surface area (TPSA) is 44.8 Å². The van der Waals surface area contributed by atoms with Crippen LogP contribution in [0.1, 0.15) is 11.1 Å². The van der Waals surface area contributed by atoms with Gasteiger partial charge in [0, 0.05) is 23.6 Å². The maximum atomic E-state index is 12.5. The first-order chi connectivity index (χ1) is 11.6. The first-order valence-electron chi connectivity index (χ1n) is 7.18. The van der Waals surface area contributed by atoms with E-state index in [1.54, 1.807) is 36.4 Å². The molecule has 2 aromatic carbocycles. The minimum Gasteiger partial charge on any atom is -0.460 e. The van der Waals surface area contributed by atoms with Gasteiger partial charge >= 0.3 is 5.97 Å². The van der Waals surface area contributed by atoms with E-state index in [0.717, 1.165) is 11.1 Å². The summed E-state index contributed by atoms with van der Waals surface area (Å²) in [6.07, 6.45) is 0.862. The van der Waals surface area contributed by atoms with Gasteiger partial charge in [-0.05, 0) is 48.0 Å². The molecule has 1 heterocycles. The maximum absolute atomic E-state index is 12.5. The molecule has 1 atom stereocenters. The number of carbonyl (C=O) groups is 1. The van der Waals surface area contributed by atoms with Crippen molar-refractivity contribution >= 4 is 35.2 Å². The zero-order chi connectivity index (χ0) is 17.1. The lowest BCUT2D eigenvalue weighted by atomic mass is 10.0. The first-order valence-corrected chi connectivity index (χ1v) is 8.09. The summed E-state index contributed by atoms with van der Waals surface area (Å²) < 4.78 is 16.3. The van der Waals surface area contributed by atoms with Gasteiger partial charge in [-0.25, -0.2) is 4.79 Å². The molecule has 1 aliphatic rings. The smallest absolute Gasteiger partial charge is 0.345 e. The van der Waals surface area contributed by atoms with Gasteiger partial charge < -0.3 is 14.2 Å². The molecule has 1 unspecified atom stereocenters. The van der Waals surface area contributed by atoms with Crippen molar-refractivity contribution in [2.24, 2.45) is 0 Å². The number of hydrogen-bond donors (Lipinski definition) is 0. The van der Waals surface area contributed by atoms with E-state index in [1.807, 2.05) is 12.1 Å². The number of hydrogen-bond acceptors (Lipinski definition) is 4. The van der Waals surface area contributed by atoms with Crippen LogP contribution in [0.2, 0.25) is 5.02 Å². The fourth-order valence-electron chi connectivity index (χ4n) is 2.31. The largest absolute Gasteiger partial charge is 0.460 e. The molecule has 124 valence electrons. The Kier molecular flexibility index (Phi) is 5.09. The zero-order valence-corrected chi connectivity index (χ0v) is 14.3. The summed E-state index contributed by atoms with van der Waals surface area (Å²) in [6, 6.07) is 12.1. The average molecular weight is 365 g/mol. The predicted octanol–water partition coefficient (Wildman–Crippen LogP) is 4.43. The van der Waals surface area contributed by atoms with E-state index < -0.39 is 12.3 Å². The molecule has 4 nitrogen and oxygen atoms in total. The molecule has 0 saturated heterocycles. The lowest BCUT2D eigenvalue weighted by Gasteiger charge is -2.25. The minimum absolute atomic E-state index is 0.270. The van der Waals surface area contributed by atoms with Gasteiger partial charge in [0.05, 0.1) is 0 Å². The Balaban J connectivity index is 1.89. The summed E-state index contributed by atoms with van der Waals surface area (Å²) in [4.78, 5) is 12.5. The Bertz CT molecular complexity index is 784. The van der Waals surface area contributed by atoms with Crippen LogP contribution in [0.25, 0.3) is 6.08 Å². The Labute approximate surface area is 149 Å². The molecular weight excluding hydrogens is 351 g/mol. The highest BCUT2D eigenvalue weighted by Crippen LogP contribution is 2.32. The molecule has 0 amide bonds. The minimum atomic E-state index is -0.834. The zero-order valence-electron chi connectivity index (χ0n) is 12.8. The molecule has 3 rings (SSSR count). The molecule has 0 fully saturated rings. The predicted molar refractivity (Wildman–Crippen MR) is 92.5 cm³/mol. The molecule has 0 aromatic heterocycles. The second kappa shape index (κ2) is 7.26. The van der Waals surface area contributed by atoms with Crippen LogP contribution in [0.3, 0.4) is 0 Å². The third kappa shape index (κ3) is 3.56. The van der Waals surface area contributed by atoms with Crippen LogP contribution in [-0.4, -0.2) is 19.4 Å². The highest BCUT2D eigenvalue weighted by Gasteiger charge is 2.29. The third-order valence-electron chi connectivity index (χ3n) is 3.50. The normalized spacial score (nSPS) is 16.0. The number of ether oxygens (including phenoxy) is 3. The van der Waals surface area contributed by atoms with Crippen molar-refractivity contribution in [1.29, 1.82) is 0 Å². The van der Waals surface area contributed by atoms with E-state index in [4.69, 9.17) is 37.4 Å². The quantitative estimate of drug-likeness (QED) is 0.457. The molecular formula is C18H14Cl2O4. The standard InChI is InChI=1S/C18H14Cl2O4/c1-22-18-15(17(21)23-14-5-3-13(20)4-6-14)9-12-8-11(10-19)2-7-16(12)24-18/h2-9,18H,10H2,1H3. The number of rotatable bonds is 4. The summed E-state index contributed by atoms with van der Waals surface area (Å²) in [7, 11) is 1.46. The fourth-order valence-corrected chi connectivity index (χ4v) is 2.61. The molecule has 24 heavy (non-hydrogen) atoms. The first kappa shape index (κ1) is 16.8. The summed E-state index contributed by atoms with van der Waals surface area (Å²) in [5.41, 5.74) is 1.95. The molecule has 6 heteroatoms. The molecule has 0 saturated carbocycles. The van der Waals surface area contributed by atoms with Crippen LogP contribution in [0.5, 0.6) is 11.5 Å². The van der Waals surface area contributed by atoms with Gasteiger partial charge in [-0.3, -0.25) is 0 Å². The summed E-state index contributed by atoms with van der Waals surface area (Å²) in [5.74, 6) is 0.838. The number of esters is 1. The average Bonchev–Trinajstić information content (AvgIpc) is 2.61. The van der Waals surface area contributed by atoms with Crippen molar-refractivity contribution in [3.05, 3.63) is 64.2 Å². The van der Waals surface area contributed by atoms with E-state index in [9.17, 15) is 4.79 Å². The van der Waals surface area contributed by atoms with Gasteiger partial charge in [0.1, 0.15) is 17.1 Å². The van der Waals surface area contributed by atoms with E-state index in [0.29, 0.717) is 22.4 Å². The maximum Gasteiger partial charge on any atom is 0.345 e. The summed E-state index contributed by atoms with van der Waals surface area (Å²) in [6.45, 7) is 0. The van der Waals surface area contributed by atoms with Crippen LogP contribution < -0.4 is 9.47 Å². The number of halogens is 2. The van der Waals surface area contributed by atoms with Crippen molar-refractivity contribution in [2.75, 3.05) is 7.11 Å². The van der Waals surface area contributed by atoms with Crippen LogP contribution in [-0.2, 0) is 15.4 Å². The fraction of sp³-hybridized carbons (Fsp3) is 0.167. The number of carbonyl (C=O) groups excluding carboxylic acids is 1. The number of benzene rings is 2. The molecule has 0 N–H and O–H groups in total. The van der Waals surface area contributed by atoms with E-state index in [2.05, 4.69) is 0 Å². The lowest BCUT2D eigenvalue weighted by Crippen LogP contribution is -2.31. The van der Waals surface area contributed by atoms with E-state index in [1.165, 1.54) is 7.11 Å². The van der Waals surface area contributed by atoms with Gasteiger partial charge in [-0.2, -0.15) is 0 Å². The number of alkyl halides is 1. The van der Waals surface area contributed by atoms with Crippen LogP contribution >= 0.6 is 23.2 Å². The second-order valence-corrected chi connectivity index (χ2v) is 5.84. The SMILES string of the molecule is COC1Oc2ccc(CCl)cc2C=C1C(=O)Oc1ccc(Cl)cc1. The van der Waals surface area contributed by atoms with Crippen molar-refractivity contribution in [1.82, 2.24) is 0 Å². The van der Waals surface area contributed by atoms with Gasteiger partial charge in [-0.15, -0.1) is 11.6 Å². The molecule has 1 aliphatic heterocycles. The van der Waals surface area contributed by atoms with Crippen LogP contribution in [0, 0.1) is 0 Å². The third-order valence-corrected chi connectivity index (χ3v) is 4.06. The monoisotopic (exact) mass is 364 g/mol. The highest BCUT2D eigenvalue weighted by molar-refractivity contribution is 6.30. The number of methoxy groups -OCH3 is 1. The van der Waals surface area contributed by atoms with E-state index in [-0.39, 0.29) is 5.57 Å². The van der Waals surface area contributed by atoms with Crippen molar-refractivity contribution in [2.45, 2.75) is 12.2 Å². The van der Waals surface area contributed by atoms with Gasteiger partial charge in [0.15, 0.2) is 0 Å². The van der Waals surface area contributed by atoms with Gasteiger partial charge in [0.25, 0.3) is 0 Å². The summed E-state index contributed by atoms with van der Waals surface area (Å²) in [5, 5.41) is 0.562. The Morgan fingerprint density at radius 2 is 1.96 bits per heavy atom. The van der Waals surface area contributed by atoms with Crippen LogP contribution in [0.4, 0.5) is 0 Å². The molecule has 0 spiro atoms. The Morgan fingerprint density at radius 1 is 1.21 bits per heavy atom. The second-order valence-electron chi connectivity index (χ2n) is 5.13. The summed E-state index contributed by atoms with van der Waals surface area (Å²) >= 11 is 11.7. The van der Waals surface area contributed by atoms with Gasteiger partial charge in [0.2, 0.25) is 6.29 Å². The Hall–Kier alpha value is -2.01. The van der Waals surface area contributed by atoms with Crippen molar-refractivity contribution in [3.8, 4) is 11.5 Å². The molecule has 2 aromatic rings. The van der Waals surface area contributed by atoms with Crippen molar-refractivity contribution in [3.63, 3.8) is 0 Å². The highest BCUT2D eigenvalue weighted by atomic mass is 35.5. The van der Waals surface area contributed by atoms with Gasteiger partial charge in [-0.1, -0.05) is 17.7 Å².